The van der Waals surface area contributed by atoms with Crippen LogP contribution in [0.3, 0.4) is 0 Å². The highest BCUT2D eigenvalue weighted by molar-refractivity contribution is 7.88. The van der Waals surface area contributed by atoms with E-state index in [4.69, 9.17) is 16.3 Å². The minimum Gasteiger partial charge on any atom is -0.383 e. The molecule has 0 N–H and O–H groups in total. The van der Waals surface area contributed by atoms with E-state index in [9.17, 15) is 8.42 Å². The average molecular weight is 334 g/mol. The highest BCUT2D eigenvalue weighted by Crippen LogP contribution is 2.14. The second-order valence-corrected chi connectivity index (χ2v) is 7.69. The van der Waals surface area contributed by atoms with E-state index in [1.54, 1.807) is 7.11 Å². The first-order valence-electron chi connectivity index (χ1n) is 6.99. The number of hydrogen-bond donors (Lipinski definition) is 0. The SMILES string of the molecule is COCCN(CC(C)C)S(=O)(=O)Cc1ccc(CCl)cc1. The molecule has 1 aromatic carbocycles. The van der Waals surface area contributed by atoms with Crippen LogP contribution >= 0.6 is 11.6 Å². The molecule has 21 heavy (non-hydrogen) atoms. The molecule has 0 aliphatic rings. The van der Waals surface area contributed by atoms with Crippen LogP contribution in [0.15, 0.2) is 24.3 Å². The van der Waals surface area contributed by atoms with E-state index in [1.165, 1.54) is 4.31 Å². The van der Waals surface area contributed by atoms with Crippen LogP contribution in [0.25, 0.3) is 0 Å². The minimum absolute atomic E-state index is 0.00595. The van der Waals surface area contributed by atoms with Crippen molar-refractivity contribution in [3.63, 3.8) is 0 Å². The number of benzene rings is 1. The summed E-state index contributed by atoms with van der Waals surface area (Å²) in [6, 6.07) is 7.36. The van der Waals surface area contributed by atoms with Crippen molar-refractivity contribution in [2.75, 3.05) is 26.8 Å². The summed E-state index contributed by atoms with van der Waals surface area (Å²) in [6.45, 7) is 5.30. The first kappa shape index (κ1) is 18.4. The number of ether oxygens (including phenoxy) is 1. The summed E-state index contributed by atoms with van der Waals surface area (Å²) < 4.78 is 31.6. The van der Waals surface area contributed by atoms with Gasteiger partial charge < -0.3 is 4.74 Å². The van der Waals surface area contributed by atoms with Crippen molar-refractivity contribution >= 4 is 21.6 Å². The molecular formula is C15H24ClNO3S. The van der Waals surface area contributed by atoms with E-state index < -0.39 is 10.0 Å². The number of halogens is 1. The molecule has 0 aliphatic carbocycles. The van der Waals surface area contributed by atoms with Crippen LogP contribution < -0.4 is 0 Å². The van der Waals surface area contributed by atoms with Crippen LogP contribution in [0, 0.1) is 5.92 Å². The lowest BCUT2D eigenvalue weighted by Gasteiger charge is -2.23. The van der Waals surface area contributed by atoms with Gasteiger partial charge in [0.25, 0.3) is 0 Å². The second kappa shape index (κ2) is 8.73. The molecule has 0 bridgehead atoms. The van der Waals surface area contributed by atoms with Gasteiger partial charge in [-0.3, -0.25) is 0 Å². The summed E-state index contributed by atoms with van der Waals surface area (Å²) in [5.41, 5.74) is 1.76. The lowest BCUT2D eigenvalue weighted by atomic mass is 10.2. The van der Waals surface area contributed by atoms with Crippen molar-refractivity contribution in [3.8, 4) is 0 Å². The Morgan fingerprint density at radius 1 is 1.19 bits per heavy atom. The lowest BCUT2D eigenvalue weighted by Crippen LogP contribution is -2.37. The zero-order valence-electron chi connectivity index (χ0n) is 12.9. The van der Waals surface area contributed by atoms with Crippen LogP contribution in [0.5, 0.6) is 0 Å². The fourth-order valence-electron chi connectivity index (χ4n) is 1.97. The van der Waals surface area contributed by atoms with Gasteiger partial charge in [-0.15, -0.1) is 11.6 Å². The van der Waals surface area contributed by atoms with E-state index in [2.05, 4.69) is 0 Å². The highest BCUT2D eigenvalue weighted by atomic mass is 35.5. The van der Waals surface area contributed by atoms with Crippen molar-refractivity contribution in [2.45, 2.75) is 25.5 Å². The van der Waals surface area contributed by atoms with Crippen LogP contribution in [-0.2, 0) is 26.4 Å². The van der Waals surface area contributed by atoms with Crippen molar-refractivity contribution < 1.29 is 13.2 Å². The fourth-order valence-corrected chi connectivity index (χ4v) is 3.82. The molecule has 0 fully saturated rings. The number of nitrogens with zero attached hydrogens (tertiary/aromatic N) is 1. The zero-order chi connectivity index (χ0) is 15.9. The Hall–Kier alpha value is -0.620. The van der Waals surface area contributed by atoms with Crippen molar-refractivity contribution in [3.05, 3.63) is 35.4 Å². The predicted octanol–water partition coefficient (Wildman–Crippen LogP) is 2.86. The van der Waals surface area contributed by atoms with Crippen molar-refractivity contribution in [2.24, 2.45) is 5.92 Å². The molecule has 1 rings (SSSR count). The van der Waals surface area contributed by atoms with Crippen molar-refractivity contribution in [1.82, 2.24) is 4.31 Å². The zero-order valence-corrected chi connectivity index (χ0v) is 14.5. The van der Waals surface area contributed by atoms with Crippen LogP contribution in [-0.4, -0.2) is 39.5 Å². The maximum atomic E-state index is 12.5. The molecule has 0 spiro atoms. The summed E-state index contributed by atoms with van der Waals surface area (Å²) in [4.78, 5) is 0. The van der Waals surface area contributed by atoms with Gasteiger partial charge in [0.2, 0.25) is 10.0 Å². The van der Waals surface area contributed by atoms with E-state index in [1.807, 2.05) is 38.1 Å². The third-order valence-electron chi connectivity index (χ3n) is 3.03. The quantitative estimate of drug-likeness (QED) is 0.653. The molecule has 1 aromatic rings. The molecule has 0 amide bonds. The normalized spacial score (nSPS) is 12.3. The summed E-state index contributed by atoms with van der Waals surface area (Å²) in [7, 11) is -1.77. The molecule has 120 valence electrons. The second-order valence-electron chi connectivity index (χ2n) is 5.45. The fraction of sp³-hybridized carbons (Fsp3) is 0.600. The molecule has 0 aromatic heterocycles. The van der Waals surface area contributed by atoms with Gasteiger partial charge in [0.1, 0.15) is 0 Å². The van der Waals surface area contributed by atoms with Gasteiger partial charge in [-0.2, -0.15) is 4.31 Å². The van der Waals surface area contributed by atoms with Gasteiger partial charge in [0.15, 0.2) is 0 Å². The predicted molar refractivity (Wildman–Crippen MR) is 86.9 cm³/mol. The van der Waals surface area contributed by atoms with Gasteiger partial charge in [0, 0.05) is 26.1 Å². The maximum Gasteiger partial charge on any atom is 0.218 e. The van der Waals surface area contributed by atoms with Gasteiger partial charge >= 0.3 is 0 Å². The molecule has 0 aliphatic heterocycles. The van der Waals surface area contributed by atoms with Crippen LogP contribution in [0.4, 0.5) is 0 Å². The molecule has 0 saturated carbocycles. The monoisotopic (exact) mass is 333 g/mol. The standard InChI is InChI=1S/C15H24ClNO3S/c1-13(2)11-17(8-9-20-3)21(18,19)12-15-6-4-14(10-16)5-7-15/h4-7,13H,8-12H2,1-3H3. The summed E-state index contributed by atoms with van der Waals surface area (Å²) in [5, 5.41) is 0. The van der Waals surface area contributed by atoms with Crippen molar-refractivity contribution in [1.29, 1.82) is 0 Å². The highest BCUT2D eigenvalue weighted by Gasteiger charge is 2.23. The summed E-state index contributed by atoms with van der Waals surface area (Å²) >= 11 is 5.74. The van der Waals surface area contributed by atoms with E-state index in [0.29, 0.717) is 25.6 Å². The minimum atomic E-state index is -3.34. The van der Waals surface area contributed by atoms with E-state index >= 15 is 0 Å². The Bertz CT molecular complexity index is 514. The summed E-state index contributed by atoms with van der Waals surface area (Å²) in [6.07, 6.45) is 0. The smallest absolute Gasteiger partial charge is 0.218 e. The first-order chi connectivity index (χ1) is 9.89. The number of rotatable bonds is 9. The van der Waals surface area contributed by atoms with Gasteiger partial charge in [0.05, 0.1) is 12.4 Å². The third-order valence-corrected chi connectivity index (χ3v) is 5.16. The number of hydrogen-bond acceptors (Lipinski definition) is 3. The molecule has 6 heteroatoms. The van der Waals surface area contributed by atoms with Gasteiger partial charge in [-0.05, 0) is 17.0 Å². The van der Waals surface area contributed by atoms with Gasteiger partial charge in [-0.25, -0.2) is 8.42 Å². The Balaban J connectivity index is 2.83. The Morgan fingerprint density at radius 3 is 2.24 bits per heavy atom. The molecular weight excluding hydrogens is 310 g/mol. The molecule has 0 unspecified atom stereocenters. The van der Waals surface area contributed by atoms with Gasteiger partial charge in [-0.1, -0.05) is 38.1 Å². The third kappa shape index (κ3) is 6.34. The van der Waals surface area contributed by atoms with Crippen LogP contribution in [0.2, 0.25) is 0 Å². The number of alkyl halides is 1. The first-order valence-corrected chi connectivity index (χ1v) is 9.14. The number of methoxy groups -OCH3 is 1. The average Bonchev–Trinajstić information content (AvgIpc) is 2.43. The molecule has 0 radical (unpaired) electrons. The van der Waals surface area contributed by atoms with E-state index in [-0.39, 0.29) is 11.7 Å². The molecule has 4 nitrogen and oxygen atoms in total. The molecule has 0 atom stereocenters. The maximum absolute atomic E-state index is 12.5. The topological polar surface area (TPSA) is 46.6 Å². The molecule has 0 saturated heterocycles. The van der Waals surface area contributed by atoms with E-state index in [0.717, 1.165) is 11.1 Å². The Kier molecular flexibility index (Phi) is 7.66. The van der Waals surface area contributed by atoms with Crippen LogP contribution in [0.1, 0.15) is 25.0 Å². The lowest BCUT2D eigenvalue weighted by molar-refractivity contribution is 0.175. The Morgan fingerprint density at radius 2 is 1.76 bits per heavy atom. The summed E-state index contributed by atoms with van der Waals surface area (Å²) in [5.74, 6) is 0.710. The largest absolute Gasteiger partial charge is 0.383 e. The number of sulfonamides is 1. The Labute approximate surface area is 133 Å². The molecule has 0 heterocycles.